The second-order valence-corrected chi connectivity index (χ2v) is 4.61. The molecule has 1 atom stereocenters. The highest BCUT2D eigenvalue weighted by Gasteiger charge is 2.21. The number of fused-ring (bicyclic) bond motifs is 1. The molecule has 1 aromatic carbocycles. The van der Waals surface area contributed by atoms with Crippen molar-refractivity contribution in [3.63, 3.8) is 0 Å². The topological polar surface area (TPSA) is 30.5 Å². The van der Waals surface area contributed by atoms with Crippen molar-refractivity contribution in [3.05, 3.63) is 23.3 Å². The molecule has 0 spiro atoms. The lowest BCUT2D eigenvalue weighted by Crippen LogP contribution is -2.28. The number of rotatable bonds is 1. The lowest BCUT2D eigenvalue weighted by Gasteiger charge is -2.23. The minimum Gasteiger partial charge on any atom is -0.454 e. The van der Waals surface area contributed by atoms with E-state index in [0.717, 1.165) is 24.6 Å². The van der Waals surface area contributed by atoms with Gasteiger partial charge < -0.3 is 14.8 Å². The molecule has 16 heavy (non-hydrogen) atoms. The van der Waals surface area contributed by atoms with Crippen LogP contribution in [0.4, 0.5) is 0 Å². The van der Waals surface area contributed by atoms with Gasteiger partial charge in [0.25, 0.3) is 0 Å². The van der Waals surface area contributed by atoms with Crippen LogP contribution in [0.15, 0.2) is 12.1 Å². The van der Waals surface area contributed by atoms with Crippen molar-refractivity contribution in [2.75, 3.05) is 19.9 Å². The van der Waals surface area contributed by atoms with Gasteiger partial charge in [-0.05, 0) is 49.4 Å². The van der Waals surface area contributed by atoms with Crippen LogP contribution in [0.3, 0.4) is 0 Å². The number of aryl methyl sites for hydroxylation is 1. The van der Waals surface area contributed by atoms with Crippen molar-refractivity contribution < 1.29 is 9.47 Å². The highest BCUT2D eigenvalue weighted by molar-refractivity contribution is 5.51. The highest BCUT2D eigenvalue weighted by atomic mass is 16.7. The fourth-order valence-electron chi connectivity index (χ4n) is 2.58. The van der Waals surface area contributed by atoms with Crippen molar-refractivity contribution in [1.82, 2.24) is 5.32 Å². The Morgan fingerprint density at radius 2 is 2.25 bits per heavy atom. The molecule has 0 aliphatic carbocycles. The maximum absolute atomic E-state index is 5.47. The Kier molecular flexibility index (Phi) is 2.48. The van der Waals surface area contributed by atoms with Crippen molar-refractivity contribution in [2.45, 2.75) is 25.7 Å². The monoisotopic (exact) mass is 219 g/mol. The molecule has 1 unspecified atom stereocenters. The van der Waals surface area contributed by atoms with Crippen LogP contribution < -0.4 is 14.8 Å². The number of hydrogen-bond donors (Lipinski definition) is 1. The quantitative estimate of drug-likeness (QED) is 0.785. The summed E-state index contributed by atoms with van der Waals surface area (Å²) in [6.07, 6.45) is 2.53. The van der Waals surface area contributed by atoms with E-state index in [1.54, 1.807) is 0 Å². The third kappa shape index (κ3) is 1.65. The summed E-state index contributed by atoms with van der Waals surface area (Å²) in [5.74, 6) is 2.47. The van der Waals surface area contributed by atoms with E-state index in [-0.39, 0.29) is 0 Å². The van der Waals surface area contributed by atoms with Gasteiger partial charge in [0.1, 0.15) is 0 Å². The molecule has 1 fully saturated rings. The molecule has 1 N–H and O–H groups in total. The first kappa shape index (κ1) is 9.97. The maximum Gasteiger partial charge on any atom is 0.231 e. The summed E-state index contributed by atoms with van der Waals surface area (Å²) in [6.45, 7) is 4.69. The summed E-state index contributed by atoms with van der Waals surface area (Å²) in [7, 11) is 0. The van der Waals surface area contributed by atoms with Crippen molar-refractivity contribution >= 4 is 0 Å². The summed E-state index contributed by atoms with van der Waals surface area (Å²) in [5, 5.41) is 3.45. The highest BCUT2D eigenvalue weighted by Crippen LogP contribution is 2.39. The van der Waals surface area contributed by atoms with E-state index in [1.807, 2.05) is 0 Å². The molecule has 0 aromatic heterocycles. The van der Waals surface area contributed by atoms with Gasteiger partial charge in [-0.15, -0.1) is 0 Å². The van der Waals surface area contributed by atoms with Gasteiger partial charge >= 0.3 is 0 Å². The minimum atomic E-state index is 0.364. The van der Waals surface area contributed by atoms with Gasteiger partial charge in [0.05, 0.1) is 0 Å². The Morgan fingerprint density at radius 1 is 1.31 bits per heavy atom. The number of hydrogen-bond acceptors (Lipinski definition) is 3. The molecule has 3 rings (SSSR count). The van der Waals surface area contributed by atoms with Gasteiger partial charge in [-0.3, -0.25) is 0 Å². The first-order valence-electron chi connectivity index (χ1n) is 5.95. The number of benzene rings is 1. The average molecular weight is 219 g/mol. The molecule has 0 saturated carbocycles. The molecule has 3 heteroatoms. The third-order valence-electron chi connectivity index (χ3n) is 3.45. The Hall–Kier alpha value is -1.22. The van der Waals surface area contributed by atoms with Crippen LogP contribution in [0.2, 0.25) is 0 Å². The van der Waals surface area contributed by atoms with Gasteiger partial charge in [-0.1, -0.05) is 6.07 Å². The number of piperidine rings is 1. The molecule has 3 nitrogen and oxygen atoms in total. The van der Waals surface area contributed by atoms with Crippen LogP contribution in [-0.4, -0.2) is 19.9 Å². The fraction of sp³-hybridized carbons (Fsp3) is 0.538. The lowest BCUT2D eigenvalue weighted by atomic mass is 9.90. The zero-order valence-corrected chi connectivity index (χ0v) is 9.58. The van der Waals surface area contributed by atoms with Crippen LogP contribution in [0.1, 0.15) is 29.9 Å². The number of nitrogens with one attached hydrogen (secondary N) is 1. The molecule has 0 radical (unpaired) electrons. The summed E-state index contributed by atoms with van der Waals surface area (Å²) in [6, 6.07) is 4.39. The Balaban J connectivity index is 1.92. The Bertz CT molecular complexity index is 397. The summed E-state index contributed by atoms with van der Waals surface area (Å²) in [4.78, 5) is 0. The molecule has 0 amide bonds. The van der Waals surface area contributed by atoms with Gasteiger partial charge in [0, 0.05) is 6.54 Å². The summed E-state index contributed by atoms with van der Waals surface area (Å²) in [5.41, 5.74) is 2.57. The molecule has 1 saturated heterocycles. The van der Waals surface area contributed by atoms with Gasteiger partial charge in [-0.25, -0.2) is 0 Å². The Labute approximate surface area is 95.8 Å². The van der Waals surface area contributed by atoms with Crippen LogP contribution in [-0.2, 0) is 0 Å². The van der Waals surface area contributed by atoms with Gasteiger partial charge in [0.2, 0.25) is 6.79 Å². The molecule has 2 aliphatic rings. The van der Waals surface area contributed by atoms with E-state index >= 15 is 0 Å². The van der Waals surface area contributed by atoms with E-state index in [1.165, 1.54) is 24.0 Å². The van der Waals surface area contributed by atoms with Crippen LogP contribution in [0.5, 0.6) is 11.5 Å². The second kappa shape index (κ2) is 3.98. The molecule has 1 aromatic rings. The van der Waals surface area contributed by atoms with E-state index in [2.05, 4.69) is 24.4 Å². The predicted octanol–water partition coefficient (Wildman–Crippen LogP) is 2.19. The van der Waals surface area contributed by atoms with E-state index < -0.39 is 0 Å². The van der Waals surface area contributed by atoms with Crippen molar-refractivity contribution in [1.29, 1.82) is 0 Å². The molecule has 86 valence electrons. The van der Waals surface area contributed by atoms with Crippen LogP contribution in [0.25, 0.3) is 0 Å². The first-order valence-corrected chi connectivity index (χ1v) is 5.95. The van der Waals surface area contributed by atoms with E-state index in [0.29, 0.717) is 12.7 Å². The molecule has 2 heterocycles. The SMILES string of the molecule is Cc1cc(C2CCCNC2)cc2c1OCO2. The summed E-state index contributed by atoms with van der Waals surface area (Å²) < 4.78 is 10.9. The third-order valence-corrected chi connectivity index (χ3v) is 3.45. The largest absolute Gasteiger partial charge is 0.454 e. The predicted molar refractivity (Wildman–Crippen MR) is 62.1 cm³/mol. The Morgan fingerprint density at radius 3 is 3.06 bits per heavy atom. The zero-order chi connectivity index (χ0) is 11.0. The normalized spacial score (nSPS) is 23.4. The van der Waals surface area contributed by atoms with E-state index in [9.17, 15) is 0 Å². The average Bonchev–Trinajstić information content (AvgIpc) is 2.79. The van der Waals surface area contributed by atoms with Crippen LogP contribution >= 0.6 is 0 Å². The van der Waals surface area contributed by atoms with E-state index in [4.69, 9.17) is 9.47 Å². The standard InChI is InChI=1S/C13H17NO2/c1-9-5-11(10-3-2-4-14-7-10)6-12-13(9)16-8-15-12/h5-6,10,14H,2-4,7-8H2,1H3. The molecular formula is C13H17NO2. The molecule has 0 bridgehead atoms. The number of ether oxygens (including phenoxy) is 2. The second-order valence-electron chi connectivity index (χ2n) is 4.61. The van der Waals surface area contributed by atoms with Gasteiger partial charge in [-0.2, -0.15) is 0 Å². The van der Waals surface area contributed by atoms with Crippen LogP contribution in [0, 0.1) is 6.92 Å². The molecular weight excluding hydrogens is 202 g/mol. The van der Waals surface area contributed by atoms with Gasteiger partial charge in [0.15, 0.2) is 11.5 Å². The van der Waals surface area contributed by atoms with Crippen molar-refractivity contribution in [3.8, 4) is 11.5 Å². The first-order chi connectivity index (χ1) is 7.84. The fourth-order valence-corrected chi connectivity index (χ4v) is 2.58. The summed E-state index contributed by atoms with van der Waals surface area (Å²) >= 11 is 0. The van der Waals surface area contributed by atoms with Crippen molar-refractivity contribution in [2.24, 2.45) is 0 Å². The zero-order valence-electron chi connectivity index (χ0n) is 9.58. The smallest absolute Gasteiger partial charge is 0.231 e. The molecule has 2 aliphatic heterocycles. The maximum atomic E-state index is 5.47. The minimum absolute atomic E-state index is 0.364. The lowest BCUT2D eigenvalue weighted by molar-refractivity contribution is 0.173.